The second-order valence-corrected chi connectivity index (χ2v) is 6.89. The van der Waals surface area contributed by atoms with E-state index >= 15 is 0 Å². The minimum Gasteiger partial charge on any atom is -0.384 e. The predicted molar refractivity (Wildman–Crippen MR) is 94.4 cm³/mol. The molecule has 1 atom stereocenters. The first kappa shape index (κ1) is 17.6. The first-order chi connectivity index (χ1) is 12.0. The molecule has 1 amide bonds. The van der Waals surface area contributed by atoms with Crippen molar-refractivity contribution in [3.05, 3.63) is 53.3 Å². The maximum atomic E-state index is 12.9. The zero-order chi connectivity index (χ0) is 17.9. The minimum atomic E-state index is -1.12. The van der Waals surface area contributed by atoms with Gasteiger partial charge in [-0.3, -0.25) is 9.89 Å². The van der Waals surface area contributed by atoms with Gasteiger partial charge in [-0.05, 0) is 25.3 Å². The minimum absolute atomic E-state index is 0.133. The van der Waals surface area contributed by atoms with Crippen LogP contribution in [0.5, 0.6) is 0 Å². The number of nitrogens with one attached hydrogen (secondary N) is 1. The molecule has 1 aliphatic heterocycles. The van der Waals surface area contributed by atoms with Crippen molar-refractivity contribution in [3.8, 4) is 0 Å². The van der Waals surface area contributed by atoms with Gasteiger partial charge in [0, 0.05) is 26.2 Å². The Balaban J connectivity index is 1.74. The van der Waals surface area contributed by atoms with E-state index in [1.165, 1.54) is 0 Å². The van der Waals surface area contributed by atoms with Crippen molar-refractivity contribution in [2.45, 2.75) is 31.3 Å². The maximum Gasteiger partial charge on any atom is 0.257 e. The van der Waals surface area contributed by atoms with Gasteiger partial charge in [0.15, 0.2) is 0 Å². The topological polar surface area (TPSA) is 78.5 Å². The molecule has 0 spiro atoms. The number of H-pyrrole nitrogens is 1. The van der Waals surface area contributed by atoms with Crippen molar-refractivity contribution >= 4 is 5.91 Å². The number of hydrogen-bond acceptors (Lipinski definition) is 4. The van der Waals surface area contributed by atoms with Crippen molar-refractivity contribution in [3.63, 3.8) is 0 Å². The molecule has 1 saturated heterocycles. The molecule has 1 unspecified atom stereocenters. The molecule has 1 aromatic carbocycles. The normalized spacial score (nSPS) is 17.9. The number of aromatic nitrogens is 2. The Morgan fingerprint density at radius 2 is 2.04 bits per heavy atom. The quantitative estimate of drug-likeness (QED) is 0.873. The zero-order valence-corrected chi connectivity index (χ0v) is 14.7. The van der Waals surface area contributed by atoms with Crippen molar-refractivity contribution in [1.82, 2.24) is 15.1 Å². The van der Waals surface area contributed by atoms with Crippen LogP contribution in [-0.4, -0.2) is 52.9 Å². The van der Waals surface area contributed by atoms with Gasteiger partial charge >= 0.3 is 0 Å². The van der Waals surface area contributed by atoms with E-state index in [0.29, 0.717) is 18.8 Å². The fraction of sp³-hybridized carbons (Fsp3) is 0.474. The lowest BCUT2D eigenvalue weighted by Crippen LogP contribution is -2.40. The molecule has 1 fully saturated rings. The third-order valence-electron chi connectivity index (χ3n) is 4.82. The van der Waals surface area contributed by atoms with Crippen molar-refractivity contribution < 1.29 is 14.6 Å². The van der Waals surface area contributed by atoms with Crippen LogP contribution in [0.3, 0.4) is 0 Å². The number of aromatic amines is 1. The Labute approximate surface area is 147 Å². The summed E-state index contributed by atoms with van der Waals surface area (Å²) in [6.07, 6.45) is 3.35. The number of carbonyl (C=O) groups excluding carboxylic acids is 1. The Morgan fingerprint density at radius 3 is 2.72 bits per heavy atom. The Hall–Kier alpha value is -2.18. The second-order valence-electron chi connectivity index (χ2n) is 6.89. The lowest BCUT2D eigenvalue weighted by Gasteiger charge is -2.30. The number of carbonyl (C=O) groups is 1. The summed E-state index contributed by atoms with van der Waals surface area (Å²) < 4.78 is 5.40. The fourth-order valence-electron chi connectivity index (χ4n) is 3.39. The highest BCUT2D eigenvalue weighted by Crippen LogP contribution is 2.29. The van der Waals surface area contributed by atoms with Crippen LogP contribution >= 0.6 is 0 Å². The van der Waals surface area contributed by atoms with E-state index in [1.54, 1.807) is 25.1 Å². The van der Waals surface area contributed by atoms with Crippen LogP contribution in [0.25, 0.3) is 0 Å². The smallest absolute Gasteiger partial charge is 0.257 e. The van der Waals surface area contributed by atoms with E-state index in [1.807, 2.05) is 30.3 Å². The Kier molecular flexibility index (Phi) is 5.20. The van der Waals surface area contributed by atoms with E-state index in [2.05, 4.69) is 10.2 Å². The number of amides is 1. The Bertz CT molecular complexity index is 706. The number of aliphatic hydroxyl groups is 1. The lowest BCUT2D eigenvalue weighted by atomic mass is 9.93. The highest BCUT2D eigenvalue weighted by atomic mass is 16.5. The van der Waals surface area contributed by atoms with Gasteiger partial charge in [-0.25, -0.2) is 0 Å². The van der Waals surface area contributed by atoms with Crippen LogP contribution in [0, 0.1) is 0 Å². The summed E-state index contributed by atoms with van der Waals surface area (Å²) in [7, 11) is 1.71. The van der Waals surface area contributed by atoms with Crippen LogP contribution < -0.4 is 0 Å². The van der Waals surface area contributed by atoms with Crippen molar-refractivity contribution in [2.75, 3.05) is 26.8 Å². The number of likely N-dealkylation sites (N-methyl/N-ethyl adjacent to an activating group) is 1. The fourth-order valence-corrected chi connectivity index (χ4v) is 3.39. The van der Waals surface area contributed by atoms with Crippen LogP contribution in [0.2, 0.25) is 0 Å². The standard InChI is InChI=1S/C19H25N3O3/c1-19(24,15-6-4-3-5-7-15)13-22(2)18(23)16-12-20-21-17(16)14-8-10-25-11-9-14/h3-7,12,14,24H,8-11,13H2,1-2H3,(H,20,21). The monoisotopic (exact) mass is 343 g/mol. The third-order valence-corrected chi connectivity index (χ3v) is 4.82. The van der Waals surface area contributed by atoms with E-state index in [-0.39, 0.29) is 18.4 Å². The summed E-state index contributed by atoms with van der Waals surface area (Å²) in [4.78, 5) is 14.5. The molecule has 25 heavy (non-hydrogen) atoms. The van der Waals surface area contributed by atoms with E-state index in [9.17, 15) is 9.90 Å². The molecule has 134 valence electrons. The van der Waals surface area contributed by atoms with E-state index in [0.717, 1.165) is 24.1 Å². The summed E-state index contributed by atoms with van der Waals surface area (Å²) >= 11 is 0. The van der Waals surface area contributed by atoms with Crippen molar-refractivity contribution in [2.24, 2.45) is 0 Å². The summed E-state index contributed by atoms with van der Waals surface area (Å²) in [6.45, 7) is 3.33. The molecule has 3 rings (SSSR count). The maximum absolute atomic E-state index is 12.9. The molecule has 2 N–H and O–H groups in total. The number of rotatable bonds is 5. The number of hydrogen-bond donors (Lipinski definition) is 2. The second kappa shape index (κ2) is 7.37. The predicted octanol–water partition coefficient (Wildman–Crippen LogP) is 2.28. The largest absolute Gasteiger partial charge is 0.384 e. The van der Waals surface area contributed by atoms with Gasteiger partial charge in [0.05, 0.1) is 24.0 Å². The summed E-state index contributed by atoms with van der Waals surface area (Å²) in [5.74, 6) is 0.129. The molecule has 2 aromatic rings. The van der Waals surface area contributed by atoms with E-state index in [4.69, 9.17) is 4.74 Å². The van der Waals surface area contributed by atoms with Gasteiger partial charge in [0.2, 0.25) is 0 Å². The molecule has 1 aliphatic rings. The average molecular weight is 343 g/mol. The number of ether oxygens (including phenoxy) is 1. The van der Waals surface area contributed by atoms with Gasteiger partial charge < -0.3 is 14.7 Å². The van der Waals surface area contributed by atoms with Gasteiger partial charge in [-0.2, -0.15) is 5.10 Å². The van der Waals surface area contributed by atoms with Crippen LogP contribution in [0.4, 0.5) is 0 Å². The van der Waals surface area contributed by atoms with Crippen LogP contribution in [-0.2, 0) is 10.3 Å². The molecule has 0 radical (unpaired) electrons. The molecule has 2 heterocycles. The SMILES string of the molecule is CN(CC(C)(O)c1ccccc1)C(=O)c1cn[nH]c1C1CCOCC1. The molecule has 6 nitrogen and oxygen atoms in total. The van der Waals surface area contributed by atoms with Gasteiger partial charge in [-0.1, -0.05) is 30.3 Å². The summed E-state index contributed by atoms with van der Waals surface area (Å²) in [6, 6.07) is 9.39. The third kappa shape index (κ3) is 3.91. The summed E-state index contributed by atoms with van der Waals surface area (Å²) in [5, 5.41) is 17.9. The average Bonchev–Trinajstić information content (AvgIpc) is 3.12. The Morgan fingerprint density at radius 1 is 1.36 bits per heavy atom. The number of nitrogens with zero attached hydrogens (tertiary/aromatic N) is 2. The lowest BCUT2D eigenvalue weighted by molar-refractivity contribution is 0.0212. The van der Waals surface area contributed by atoms with Gasteiger partial charge in [0.1, 0.15) is 5.60 Å². The highest BCUT2D eigenvalue weighted by Gasteiger charge is 2.30. The molecular weight excluding hydrogens is 318 g/mol. The van der Waals surface area contributed by atoms with Gasteiger partial charge in [-0.15, -0.1) is 0 Å². The molecule has 0 aliphatic carbocycles. The molecule has 0 saturated carbocycles. The molecular formula is C19H25N3O3. The van der Waals surface area contributed by atoms with E-state index < -0.39 is 5.60 Å². The van der Waals surface area contributed by atoms with Crippen LogP contribution in [0.1, 0.15) is 47.3 Å². The van der Waals surface area contributed by atoms with Gasteiger partial charge in [0.25, 0.3) is 5.91 Å². The molecule has 0 bridgehead atoms. The first-order valence-electron chi connectivity index (χ1n) is 8.63. The van der Waals surface area contributed by atoms with Crippen molar-refractivity contribution in [1.29, 1.82) is 0 Å². The molecule has 6 heteroatoms. The molecule has 1 aromatic heterocycles. The van der Waals surface area contributed by atoms with Crippen LogP contribution in [0.15, 0.2) is 36.5 Å². The summed E-state index contributed by atoms with van der Waals surface area (Å²) in [5.41, 5.74) is 1.12. The number of benzene rings is 1. The highest BCUT2D eigenvalue weighted by molar-refractivity contribution is 5.95. The first-order valence-corrected chi connectivity index (χ1v) is 8.63. The zero-order valence-electron chi connectivity index (χ0n) is 14.7.